The lowest BCUT2D eigenvalue weighted by Gasteiger charge is -2.10. The number of hydrogen-bond donors (Lipinski definition) is 0. The zero-order chi connectivity index (χ0) is 12.5. The predicted octanol–water partition coefficient (Wildman–Crippen LogP) is 4.30. The van der Waals surface area contributed by atoms with Crippen LogP contribution in [0.4, 0.5) is 0 Å². The molecule has 2 aromatic rings. The lowest BCUT2D eigenvalue weighted by molar-refractivity contribution is 0.862. The van der Waals surface area contributed by atoms with Crippen molar-refractivity contribution in [1.29, 1.82) is 0 Å². The number of fused-ring (bicyclic) bond motifs is 1. The van der Waals surface area contributed by atoms with E-state index in [4.69, 9.17) is 0 Å². The van der Waals surface area contributed by atoms with Crippen LogP contribution in [0.3, 0.4) is 0 Å². The first-order chi connectivity index (χ1) is 8.75. The molecule has 1 aliphatic rings. The molecule has 1 heteroatoms. The van der Waals surface area contributed by atoms with Gasteiger partial charge in [-0.1, -0.05) is 38.1 Å². The Bertz CT molecular complexity index is 594. The van der Waals surface area contributed by atoms with Crippen molar-refractivity contribution in [3.8, 4) is 0 Å². The molecule has 90 valence electrons. The number of pyridine rings is 1. The molecule has 1 aliphatic carbocycles. The van der Waals surface area contributed by atoms with Crippen LogP contribution in [0.5, 0.6) is 0 Å². The van der Waals surface area contributed by atoms with Crippen LogP contribution in [0.2, 0.25) is 0 Å². The van der Waals surface area contributed by atoms with Crippen molar-refractivity contribution in [2.75, 3.05) is 0 Å². The summed E-state index contributed by atoms with van der Waals surface area (Å²) in [4.78, 5) is 4.45. The van der Waals surface area contributed by atoms with Crippen LogP contribution in [0, 0.1) is 0 Å². The number of nitrogens with zero attached hydrogens (tertiary/aromatic N) is 1. The molecule has 0 saturated heterocycles. The first kappa shape index (κ1) is 11.2. The molecule has 1 heterocycles. The van der Waals surface area contributed by atoms with Crippen molar-refractivity contribution < 1.29 is 0 Å². The second-order valence-electron chi connectivity index (χ2n) is 5.14. The Labute approximate surface area is 108 Å². The highest BCUT2D eigenvalue weighted by Gasteiger charge is 2.18. The van der Waals surface area contributed by atoms with Gasteiger partial charge in [0.1, 0.15) is 0 Å². The minimum absolute atomic E-state index is 0.569. The molecule has 0 radical (unpaired) electrons. The van der Waals surface area contributed by atoms with E-state index in [9.17, 15) is 0 Å². The van der Waals surface area contributed by atoms with Crippen molar-refractivity contribution in [2.24, 2.45) is 0 Å². The normalized spacial score (nSPS) is 13.6. The molecule has 18 heavy (non-hydrogen) atoms. The van der Waals surface area contributed by atoms with Crippen molar-refractivity contribution in [3.63, 3.8) is 0 Å². The van der Waals surface area contributed by atoms with Crippen LogP contribution in [-0.4, -0.2) is 4.98 Å². The molecule has 0 atom stereocenters. The van der Waals surface area contributed by atoms with E-state index in [0.29, 0.717) is 5.92 Å². The Morgan fingerprint density at radius 1 is 1.06 bits per heavy atom. The summed E-state index contributed by atoms with van der Waals surface area (Å²) in [5.41, 5.74) is 6.72. The number of allylic oxidation sites excluding steroid dienone is 1. The Morgan fingerprint density at radius 2 is 1.94 bits per heavy atom. The quantitative estimate of drug-likeness (QED) is 0.756. The summed E-state index contributed by atoms with van der Waals surface area (Å²) < 4.78 is 0. The standard InChI is InChI=1S/C17H17N/c1-12(2)15-7-5-6-13-10-14(11-16(13)15)17-8-3-4-9-18-17/h3-9,11-12H,10H2,1-2H3. The molecule has 0 N–H and O–H groups in total. The van der Waals surface area contributed by atoms with E-state index < -0.39 is 0 Å². The summed E-state index contributed by atoms with van der Waals surface area (Å²) in [7, 11) is 0. The van der Waals surface area contributed by atoms with E-state index >= 15 is 0 Å². The Balaban J connectivity index is 2.05. The van der Waals surface area contributed by atoms with Crippen molar-refractivity contribution in [2.45, 2.75) is 26.2 Å². The second-order valence-corrected chi connectivity index (χ2v) is 5.14. The van der Waals surface area contributed by atoms with E-state index in [-0.39, 0.29) is 0 Å². The predicted molar refractivity (Wildman–Crippen MR) is 76.3 cm³/mol. The molecule has 0 bridgehead atoms. The summed E-state index contributed by atoms with van der Waals surface area (Å²) in [6.45, 7) is 4.50. The molecular formula is C17H17N. The summed E-state index contributed by atoms with van der Waals surface area (Å²) in [5, 5.41) is 0. The van der Waals surface area contributed by atoms with Gasteiger partial charge in [0.05, 0.1) is 5.69 Å². The summed E-state index contributed by atoms with van der Waals surface area (Å²) >= 11 is 0. The van der Waals surface area contributed by atoms with Gasteiger partial charge in [0, 0.05) is 12.6 Å². The minimum atomic E-state index is 0.569. The first-order valence-corrected chi connectivity index (χ1v) is 6.49. The number of rotatable bonds is 2. The molecule has 1 aromatic heterocycles. The van der Waals surface area contributed by atoms with Gasteiger partial charge in [0.25, 0.3) is 0 Å². The van der Waals surface area contributed by atoms with Gasteiger partial charge in [-0.05, 0) is 46.4 Å². The van der Waals surface area contributed by atoms with Crippen molar-refractivity contribution in [3.05, 3.63) is 65.0 Å². The molecule has 0 fully saturated rings. The maximum Gasteiger partial charge on any atom is 0.0665 e. The molecule has 1 nitrogen and oxygen atoms in total. The highest BCUT2D eigenvalue weighted by Crippen LogP contribution is 2.35. The molecular weight excluding hydrogens is 218 g/mol. The van der Waals surface area contributed by atoms with Gasteiger partial charge in [-0.2, -0.15) is 0 Å². The van der Waals surface area contributed by atoms with Crippen LogP contribution in [0.1, 0.15) is 42.1 Å². The zero-order valence-corrected chi connectivity index (χ0v) is 10.9. The van der Waals surface area contributed by atoms with Crippen molar-refractivity contribution >= 4 is 11.6 Å². The first-order valence-electron chi connectivity index (χ1n) is 6.49. The lowest BCUT2D eigenvalue weighted by atomic mass is 9.95. The topological polar surface area (TPSA) is 12.9 Å². The van der Waals surface area contributed by atoms with E-state index in [1.54, 1.807) is 0 Å². The third kappa shape index (κ3) is 1.86. The fourth-order valence-corrected chi connectivity index (χ4v) is 2.61. The Hall–Kier alpha value is -1.89. The van der Waals surface area contributed by atoms with E-state index in [0.717, 1.165) is 12.1 Å². The van der Waals surface area contributed by atoms with Crippen LogP contribution >= 0.6 is 0 Å². The van der Waals surface area contributed by atoms with Crippen LogP contribution in [0.15, 0.2) is 42.6 Å². The number of benzene rings is 1. The van der Waals surface area contributed by atoms with E-state index in [1.165, 1.54) is 22.3 Å². The van der Waals surface area contributed by atoms with Crippen LogP contribution < -0.4 is 0 Å². The monoisotopic (exact) mass is 235 g/mol. The van der Waals surface area contributed by atoms with Gasteiger partial charge < -0.3 is 0 Å². The van der Waals surface area contributed by atoms with Gasteiger partial charge in [0.15, 0.2) is 0 Å². The molecule has 0 amide bonds. The Morgan fingerprint density at radius 3 is 2.67 bits per heavy atom. The average Bonchev–Trinajstić information content (AvgIpc) is 2.83. The highest BCUT2D eigenvalue weighted by atomic mass is 14.7. The minimum Gasteiger partial charge on any atom is -0.257 e. The molecule has 0 spiro atoms. The summed E-state index contributed by atoms with van der Waals surface area (Å²) in [5.74, 6) is 0.569. The van der Waals surface area contributed by atoms with Gasteiger partial charge in [-0.25, -0.2) is 0 Å². The van der Waals surface area contributed by atoms with E-state index in [1.807, 2.05) is 12.3 Å². The second kappa shape index (κ2) is 4.41. The number of hydrogen-bond acceptors (Lipinski definition) is 1. The molecule has 3 rings (SSSR count). The van der Waals surface area contributed by atoms with Gasteiger partial charge in [0.2, 0.25) is 0 Å². The molecule has 1 aromatic carbocycles. The lowest BCUT2D eigenvalue weighted by Crippen LogP contribution is -1.93. The zero-order valence-electron chi connectivity index (χ0n) is 10.9. The number of aromatic nitrogens is 1. The molecule has 0 unspecified atom stereocenters. The van der Waals surface area contributed by atoms with Gasteiger partial charge in [-0.15, -0.1) is 0 Å². The van der Waals surface area contributed by atoms with Gasteiger partial charge in [-0.3, -0.25) is 4.98 Å². The fourth-order valence-electron chi connectivity index (χ4n) is 2.61. The largest absolute Gasteiger partial charge is 0.257 e. The van der Waals surface area contributed by atoms with Crippen LogP contribution in [0.25, 0.3) is 11.6 Å². The maximum absolute atomic E-state index is 4.45. The highest BCUT2D eigenvalue weighted by molar-refractivity contribution is 5.88. The smallest absolute Gasteiger partial charge is 0.0665 e. The third-order valence-electron chi connectivity index (χ3n) is 3.55. The third-order valence-corrected chi connectivity index (χ3v) is 3.55. The molecule has 0 aliphatic heterocycles. The SMILES string of the molecule is CC(C)c1cccc2c1C=C(c1ccccn1)C2. The summed E-state index contributed by atoms with van der Waals surface area (Å²) in [6, 6.07) is 12.7. The summed E-state index contributed by atoms with van der Waals surface area (Å²) in [6.07, 6.45) is 5.18. The van der Waals surface area contributed by atoms with Gasteiger partial charge >= 0.3 is 0 Å². The van der Waals surface area contributed by atoms with E-state index in [2.05, 4.69) is 55.2 Å². The molecule has 0 saturated carbocycles. The fraction of sp³-hybridized carbons (Fsp3) is 0.235. The van der Waals surface area contributed by atoms with Crippen molar-refractivity contribution in [1.82, 2.24) is 4.98 Å². The maximum atomic E-state index is 4.45. The average molecular weight is 235 g/mol. The Kier molecular flexibility index (Phi) is 2.75. The van der Waals surface area contributed by atoms with Crippen LogP contribution in [-0.2, 0) is 6.42 Å².